The predicted octanol–water partition coefficient (Wildman–Crippen LogP) is 14.9. The van der Waals surface area contributed by atoms with Gasteiger partial charge in [-0.15, -0.1) is 11.3 Å². The van der Waals surface area contributed by atoms with Gasteiger partial charge in [-0.05, 0) is 73.8 Å². The molecule has 62 heavy (non-hydrogen) atoms. The summed E-state index contributed by atoms with van der Waals surface area (Å²) in [7, 11) is 0. The Labute approximate surface area is 364 Å². The summed E-state index contributed by atoms with van der Waals surface area (Å²) in [5.41, 5.74) is 14.2. The van der Waals surface area contributed by atoms with Gasteiger partial charge >= 0.3 is 0 Å². The Morgan fingerprint density at radius 1 is 0.306 bits per heavy atom. The van der Waals surface area contributed by atoms with E-state index in [1.54, 1.807) is 11.3 Å². The van der Waals surface area contributed by atoms with Gasteiger partial charge in [-0.2, -0.15) is 0 Å². The van der Waals surface area contributed by atoms with Crippen LogP contribution in [0.25, 0.3) is 87.7 Å². The van der Waals surface area contributed by atoms with E-state index in [-0.39, 0.29) is 0 Å². The summed E-state index contributed by atoms with van der Waals surface area (Å²) in [6.45, 7) is 0. The molecule has 3 nitrogen and oxygen atoms in total. The van der Waals surface area contributed by atoms with E-state index in [0.29, 0.717) is 17.5 Å². The fourth-order valence-corrected chi connectivity index (χ4v) is 11.0. The molecule has 0 saturated heterocycles. The number of benzene rings is 9. The molecule has 290 valence electrons. The highest BCUT2D eigenvalue weighted by atomic mass is 32.1. The van der Waals surface area contributed by atoms with Crippen molar-refractivity contribution >= 4 is 31.5 Å². The Balaban J connectivity index is 1.10. The van der Waals surface area contributed by atoms with Crippen LogP contribution in [0.2, 0.25) is 0 Å². The van der Waals surface area contributed by atoms with Crippen LogP contribution in [-0.2, 0) is 5.41 Å². The summed E-state index contributed by atoms with van der Waals surface area (Å²) in [4.78, 5) is 16.2. The van der Waals surface area contributed by atoms with Crippen molar-refractivity contribution in [3.05, 3.63) is 247 Å². The molecule has 9 aromatic carbocycles. The third-order valence-electron chi connectivity index (χ3n) is 12.5. The zero-order chi connectivity index (χ0) is 41.0. The molecular formula is C58H37N3S. The van der Waals surface area contributed by atoms with Crippen molar-refractivity contribution in [3.63, 3.8) is 0 Å². The van der Waals surface area contributed by atoms with Gasteiger partial charge in [0.1, 0.15) is 0 Å². The van der Waals surface area contributed by atoms with Gasteiger partial charge in [-0.1, -0.05) is 206 Å². The van der Waals surface area contributed by atoms with Crippen LogP contribution in [0.3, 0.4) is 0 Å². The zero-order valence-corrected chi connectivity index (χ0v) is 34.4. The van der Waals surface area contributed by atoms with Crippen LogP contribution in [0.5, 0.6) is 0 Å². The SMILES string of the molecule is c1ccc(-c2ccccc2-c2nc(-c3ccccc3-c3ccc4c(c3)C(c3ccccc3)(c3ccccc3)c3ccccc3-4)nc(-c3cccc4c3sc3ccccc34)n2)cc1. The van der Waals surface area contributed by atoms with Crippen molar-refractivity contribution in [2.24, 2.45) is 0 Å². The minimum atomic E-state index is -0.517. The number of hydrogen-bond acceptors (Lipinski definition) is 4. The van der Waals surface area contributed by atoms with E-state index in [1.807, 2.05) is 0 Å². The van der Waals surface area contributed by atoms with Gasteiger partial charge in [-0.3, -0.25) is 0 Å². The molecule has 1 aliphatic carbocycles. The summed E-state index contributed by atoms with van der Waals surface area (Å²) >= 11 is 1.79. The normalized spacial score (nSPS) is 12.6. The number of nitrogens with zero attached hydrogens (tertiary/aromatic N) is 3. The lowest BCUT2D eigenvalue weighted by atomic mass is 9.67. The average Bonchev–Trinajstić information content (AvgIpc) is 3.88. The largest absolute Gasteiger partial charge is 0.208 e. The van der Waals surface area contributed by atoms with Crippen molar-refractivity contribution in [3.8, 4) is 67.5 Å². The second kappa shape index (κ2) is 14.7. The first kappa shape index (κ1) is 36.1. The molecule has 0 amide bonds. The lowest BCUT2D eigenvalue weighted by molar-refractivity contribution is 0.769. The van der Waals surface area contributed by atoms with E-state index in [4.69, 9.17) is 15.0 Å². The minimum Gasteiger partial charge on any atom is -0.208 e. The summed E-state index contributed by atoms with van der Waals surface area (Å²) in [5, 5.41) is 2.45. The van der Waals surface area contributed by atoms with E-state index in [1.165, 1.54) is 48.9 Å². The van der Waals surface area contributed by atoms with Crippen LogP contribution in [0, 0.1) is 0 Å². The summed E-state index contributed by atoms with van der Waals surface area (Å²) in [5.74, 6) is 1.91. The molecule has 12 rings (SSSR count). The predicted molar refractivity (Wildman–Crippen MR) is 257 cm³/mol. The summed E-state index contributed by atoms with van der Waals surface area (Å²) < 4.78 is 2.41. The van der Waals surface area contributed by atoms with Gasteiger partial charge in [0.25, 0.3) is 0 Å². The molecule has 0 N–H and O–H groups in total. The van der Waals surface area contributed by atoms with E-state index >= 15 is 0 Å². The first-order chi connectivity index (χ1) is 30.8. The molecule has 0 aliphatic heterocycles. The highest BCUT2D eigenvalue weighted by Crippen LogP contribution is 2.57. The maximum Gasteiger partial charge on any atom is 0.165 e. The Morgan fingerprint density at radius 2 is 0.774 bits per heavy atom. The number of hydrogen-bond donors (Lipinski definition) is 0. The molecule has 11 aromatic rings. The van der Waals surface area contributed by atoms with E-state index in [0.717, 1.165) is 43.6 Å². The second-order valence-corrected chi connectivity index (χ2v) is 16.9. The van der Waals surface area contributed by atoms with Gasteiger partial charge in [-0.25, -0.2) is 15.0 Å². The standard InChI is InChI=1S/C58H37N3S/c1-4-19-38(20-5-1)42-25-10-12-29-48(42)55-59-56(61-57(60-55)50-32-18-31-47-46-28-15-17-34-53(46)62-54(47)50)49-30-13-11-26-43(49)39-35-36-45-44-27-14-16-33-51(44)58(52(45)37-39,40-21-6-2-7-22-40)41-23-8-3-9-24-41/h1-37H. The van der Waals surface area contributed by atoms with E-state index < -0.39 is 5.41 Å². The van der Waals surface area contributed by atoms with Gasteiger partial charge in [0, 0.05) is 36.9 Å². The van der Waals surface area contributed by atoms with Crippen LogP contribution in [0.15, 0.2) is 224 Å². The third-order valence-corrected chi connectivity index (χ3v) is 13.7. The topological polar surface area (TPSA) is 38.7 Å². The van der Waals surface area contributed by atoms with Crippen LogP contribution in [0.4, 0.5) is 0 Å². The monoisotopic (exact) mass is 807 g/mol. The Kier molecular flexibility index (Phi) is 8.58. The van der Waals surface area contributed by atoms with Gasteiger partial charge < -0.3 is 0 Å². The average molecular weight is 808 g/mol. The molecule has 0 atom stereocenters. The maximum absolute atomic E-state index is 5.42. The smallest absolute Gasteiger partial charge is 0.165 e. The van der Waals surface area contributed by atoms with E-state index in [9.17, 15) is 0 Å². The van der Waals surface area contributed by atoms with Gasteiger partial charge in [0.05, 0.1) is 5.41 Å². The second-order valence-electron chi connectivity index (χ2n) is 15.8. The fraction of sp³-hybridized carbons (Fsp3) is 0.0172. The van der Waals surface area contributed by atoms with Crippen LogP contribution >= 0.6 is 11.3 Å². The molecule has 2 aromatic heterocycles. The molecule has 0 fully saturated rings. The third kappa shape index (κ3) is 5.68. The highest BCUT2D eigenvalue weighted by Gasteiger charge is 2.46. The van der Waals surface area contributed by atoms with Crippen molar-refractivity contribution in [1.29, 1.82) is 0 Å². The number of thiophene rings is 1. The molecule has 4 heteroatoms. The van der Waals surface area contributed by atoms with Gasteiger partial charge in [0.15, 0.2) is 17.5 Å². The summed E-state index contributed by atoms with van der Waals surface area (Å²) in [6.07, 6.45) is 0. The first-order valence-electron chi connectivity index (χ1n) is 21.0. The molecule has 0 saturated carbocycles. The van der Waals surface area contributed by atoms with E-state index in [2.05, 4.69) is 224 Å². The first-order valence-corrected chi connectivity index (χ1v) is 21.8. The number of aromatic nitrogens is 3. The minimum absolute atomic E-state index is 0.517. The molecular weight excluding hydrogens is 771 g/mol. The Hall–Kier alpha value is -7.79. The number of rotatable bonds is 7. The van der Waals surface area contributed by atoms with Crippen molar-refractivity contribution < 1.29 is 0 Å². The molecule has 2 heterocycles. The maximum atomic E-state index is 5.42. The highest BCUT2D eigenvalue weighted by molar-refractivity contribution is 7.26. The lowest BCUT2D eigenvalue weighted by Gasteiger charge is -2.34. The zero-order valence-electron chi connectivity index (χ0n) is 33.6. The Bertz CT molecular complexity index is 3430. The van der Waals surface area contributed by atoms with Crippen molar-refractivity contribution in [2.45, 2.75) is 5.41 Å². The fourth-order valence-electron chi connectivity index (χ4n) is 9.75. The van der Waals surface area contributed by atoms with Crippen molar-refractivity contribution in [1.82, 2.24) is 15.0 Å². The van der Waals surface area contributed by atoms with Crippen LogP contribution in [-0.4, -0.2) is 15.0 Å². The molecule has 1 aliphatic rings. The quantitative estimate of drug-likeness (QED) is 0.161. The molecule has 0 bridgehead atoms. The summed E-state index contributed by atoms with van der Waals surface area (Å²) in [6, 6.07) is 80.5. The van der Waals surface area contributed by atoms with Crippen molar-refractivity contribution in [2.75, 3.05) is 0 Å². The van der Waals surface area contributed by atoms with Gasteiger partial charge in [0.2, 0.25) is 0 Å². The molecule has 0 unspecified atom stereocenters. The molecule has 0 radical (unpaired) electrons. The van der Waals surface area contributed by atoms with Crippen LogP contribution < -0.4 is 0 Å². The molecule has 0 spiro atoms. The lowest BCUT2D eigenvalue weighted by Crippen LogP contribution is -2.28. The Morgan fingerprint density at radius 3 is 1.44 bits per heavy atom. The van der Waals surface area contributed by atoms with Crippen LogP contribution in [0.1, 0.15) is 22.3 Å². The number of fused-ring (bicyclic) bond motifs is 6.